The van der Waals surface area contributed by atoms with Crippen LogP contribution in [0.2, 0.25) is 0 Å². The lowest BCUT2D eigenvalue weighted by Crippen LogP contribution is -2.27. The van der Waals surface area contributed by atoms with Crippen molar-refractivity contribution in [2.75, 3.05) is 0 Å². The number of aryl methyl sites for hydroxylation is 2. The number of rotatable bonds is 7. The van der Waals surface area contributed by atoms with E-state index in [9.17, 15) is 9.59 Å². The summed E-state index contributed by atoms with van der Waals surface area (Å²) in [5, 5.41) is 2.97. The molecule has 0 aliphatic carbocycles. The molecule has 1 amide bonds. The van der Waals surface area contributed by atoms with Crippen LogP contribution in [0.4, 0.5) is 0 Å². The molecule has 3 heteroatoms. The summed E-state index contributed by atoms with van der Waals surface area (Å²) in [4.78, 5) is 24.3. The van der Waals surface area contributed by atoms with Crippen molar-refractivity contribution in [3.63, 3.8) is 0 Å². The van der Waals surface area contributed by atoms with Gasteiger partial charge in [0.1, 0.15) is 0 Å². The first-order valence-electron chi connectivity index (χ1n) is 8.48. The van der Waals surface area contributed by atoms with Crippen LogP contribution in [0.3, 0.4) is 0 Å². The molecular formula is C21H25NO2. The molecule has 0 saturated carbocycles. The number of amides is 1. The van der Waals surface area contributed by atoms with Crippen LogP contribution in [0.1, 0.15) is 59.8 Å². The number of hydrogen-bond donors (Lipinski definition) is 1. The number of hydrogen-bond acceptors (Lipinski definition) is 2. The van der Waals surface area contributed by atoms with E-state index < -0.39 is 0 Å². The van der Waals surface area contributed by atoms with Crippen LogP contribution in [0.25, 0.3) is 0 Å². The molecule has 0 radical (unpaired) electrons. The molecule has 24 heavy (non-hydrogen) atoms. The van der Waals surface area contributed by atoms with Crippen molar-refractivity contribution < 1.29 is 9.59 Å². The van der Waals surface area contributed by atoms with Crippen LogP contribution in [-0.4, -0.2) is 11.7 Å². The molecule has 0 aliphatic rings. The van der Waals surface area contributed by atoms with Gasteiger partial charge in [-0.15, -0.1) is 0 Å². The Morgan fingerprint density at radius 2 is 1.67 bits per heavy atom. The highest BCUT2D eigenvalue weighted by atomic mass is 16.2. The Morgan fingerprint density at radius 3 is 2.29 bits per heavy atom. The molecule has 1 atom stereocenters. The number of ketones is 1. The molecule has 3 nitrogen and oxygen atoms in total. The predicted octanol–water partition coefficient (Wildman–Crippen LogP) is 4.40. The van der Waals surface area contributed by atoms with Crippen molar-refractivity contribution in [1.82, 2.24) is 5.32 Å². The molecule has 0 saturated heterocycles. The van der Waals surface area contributed by atoms with Gasteiger partial charge >= 0.3 is 0 Å². The number of benzene rings is 2. The Kier molecular flexibility index (Phi) is 6.30. The summed E-state index contributed by atoms with van der Waals surface area (Å²) in [6.07, 6.45) is 1.40. The average molecular weight is 323 g/mol. The van der Waals surface area contributed by atoms with Crippen LogP contribution in [-0.2, 0) is 11.2 Å². The van der Waals surface area contributed by atoms with Gasteiger partial charge in [-0.1, -0.05) is 55.5 Å². The van der Waals surface area contributed by atoms with E-state index in [1.165, 1.54) is 5.56 Å². The summed E-state index contributed by atoms with van der Waals surface area (Å²) in [7, 11) is 0. The number of Topliss-reactive ketones (excluding diaryl/α,β-unsaturated/α-hetero) is 1. The predicted molar refractivity (Wildman–Crippen MR) is 97.1 cm³/mol. The fraction of sp³-hybridized carbons (Fsp3) is 0.333. The van der Waals surface area contributed by atoms with Crippen LogP contribution in [0.15, 0.2) is 48.5 Å². The van der Waals surface area contributed by atoms with Crippen molar-refractivity contribution in [3.05, 3.63) is 70.8 Å². The first-order chi connectivity index (χ1) is 11.5. The standard InChI is InChI=1S/C21H25NO2/c1-4-17-9-11-18(12-10-17)20(23)13-14-21(24)22-16(3)19-8-6-5-7-15(19)2/h5-12,16H,4,13-14H2,1-3H3,(H,22,24). The van der Waals surface area contributed by atoms with Gasteiger partial charge in [-0.05, 0) is 37.0 Å². The lowest BCUT2D eigenvalue weighted by molar-refractivity contribution is -0.121. The third kappa shape index (κ3) is 4.79. The third-order valence-electron chi connectivity index (χ3n) is 4.30. The molecule has 126 valence electrons. The lowest BCUT2D eigenvalue weighted by Gasteiger charge is -2.16. The van der Waals surface area contributed by atoms with E-state index in [0.717, 1.165) is 17.5 Å². The highest BCUT2D eigenvalue weighted by Gasteiger charge is 2.13. The normalized spacial score (nSPS) is 11.8. The minimum absolute atomic E-state index is 0.0105. The summed E-state index contributed by atoms with van der Waals surface area (Å²) in [6.45, 7) is 6.07. The molecule has 0 heterocycles. The second-order valence-electron chi connectivity index (χ2n) is 6.12. The molecule has 1 unspecified atom stereocenters. The van der Waals surface area contributed by atoms with E-state index in [2.05, 4.69) is 12.2 Å². The average Bonchev–Trinajstić information content (AvgIpc) is 2.60. The number of carbonyl (C=O) groups is 2. The molecule has 0 bridgehead atoms. The molecule has 2 rings (SSSR count). The van der Waals surface area contributed by atoms with Gasteiger partial charge in [0.05, 0.1) is 6.04 Å². The van der Waals surface area contributed by atoms with Gasteiger partial charge in [-0.3, -0.25) is 9.59 Å². The SMILES string of the molecule is CCc1ccc(C(=O)CCC(=O)NC(C)c2ccccc2C)cc1. The first-order valence-corrected chi connectivity index (χ1v) is 8.48. The fourth-order valence-corrected chi connectivity index (χ4v) is 2.76. The van der Waals surface area contributed by atoms with E-state index in [0.29, 0.717) is 5.56 Å². The van der Waals surface area contributed by atoms with Crippen LogP contribution in [0, 0.1) is 6.92 Å². The second-order valence-corrected chi connectivity index (χ2v) is 6.12. The van der Waals surface area contributed by atoms with Crippen molar-refractivity contribution in [1.29, 1.82) is 0 Å². The number of nitrogens with one attached hydrogen (secondary N) is 1. The Morgan fingerprint density at radius 1 is 1.00 bits per heavy atom. The number of carbonyl (C=O) groups excluding carboxylic acids is 2. The molecule has 2 aromatic carbocycles. The van der Waals surface area contributed by atoms with Crippen molar-refractivity contribution in [2.45, 2.75) is 46.1 Å². The highest BCUT2D eigenvalue weighted by Crippen LogP contribution is 2.17. The quantitative estimate of drug-likeness (QED) is 0.768. The molecule has 0 aliphatic heterocycles. The highest BCUT2D eigenvalue weighted by molar-refractivity contribution is 5.98. The van der Waals surface area contributed by atoms with Gasteiger partial charge in [0, 0.05) is 18.4 Å². The summed E-state index contributed by atoms with van der Waals surface area (Å²) in [6, 6.07) is 15.6. The van der Waals surface area contributed by atoms with E-state index in [4.69, 9.17) is 0 Å². The van der Waals surface area contributed by atoms with Gasteiger partial charge in [0.25, 0.3) is 0 Å². The van der Waals surface area contributed by atoms with Gasteiger partial charge < -0.3 is 5.32 Å². The van der Waals surface area contributed by atoms with Gasteiger partial charge in [0.2, 0.25) is 5.91 Å². The Labute approximate surface area is 144 Å². The fourth-order valence-electron chi connectivity index (χ4n) is 2.76. The van der Waals surface area contributed by atoms with Crippen molar-refractivity contribution >= 4 is 11.7 Å². The van der Waals surface area contributed by atoms with Crippen LogP contribution in [0.5, 0.6) is 0 Å². The minimum atomic E-state index is -0.0933. The van der Waals surface area contributed by atoms with Crippen LogP contribution >= 0.6 is 0 Å². The Balaban J connectivity index is 1.86. The third-order valence-corrected chi connectivity index (χ3v) is 4.30. The summed E-state index contributed by atoms with van der Waals surface area (Å²) < 4.78 is 0. The van der Waals surface area contributed by atoms with Gasteiger partial charge in [0.15, 0.2) is 5.78 Å². The van der Waals surface area contributed by atoms with Gasteiger partial charge in [-0.25, -0.2) is 0 Å². The first kappa shape index (κ1) is 17.9. The van der Waals surface area contributed by atoms with Crippen molar-refractivity contribution in [3.8, 4) is 0 Å². The van der Waals surface area contributed by atoms with E-state index in [-0.39, 0.29) is 30.6 Å². The Bertz CT molecular complexity index is 704. The molecule has 2 aromatic rings. The van der Waals surface area contributed by atoms with E-state index in [1.54, 1.807) is 0 Å². The lowest BCUT2D eigenvalue weighted by atomic mass is 10.0. The maximum atomic E-state index is 12.2. The Hall–Kier alpha value is -2.42. The summed E-state index contributed by atoms with van der Waals surface area (Å²) in [5.74, 6) is -0.0828. The largest absolute Gasteiger partial charge is 0.350 e. The molecule has 1 N–H and O–H groups in total. The molecule has 0 spiro atoms. The zero-order valence-electron chi connectivity index (χ0n) is 14.6. The monoisotopic (exact) mass is 323 g/mol. The second kappa shape index (κ2) is 8.44. The molecule has 0 fully saturated rings. The van der Waals surface area contributed by atoms with E-state index >= 15 is 0 Å². The summed E-state index contributed by atoms with van der Waals surface area (Å²) >= 11 is 0. The van der Waals surface area contributed by atoms with Gasteiger partial charge in [-0.2, -0.15) is 0 Å². The summed E-state index contributed by atoms with van der Waals surface area (Å²) in [5.41, 5.74) is 4.13. The molecular weight excluding hydrogens is 298 g/mol. The topological polar surface area (TPSA) is 46.2 Å². The maximum Gasteiger partial charge on any atom is 0.220 e. The molecule has 0 aromatic heterocycles. The van der Waals surface area contributed by atoms with E-state index in [1.807, 2.05) is 62.4 Å². The smallest absolute Gasteiger partial charge is 0.220 e. The zero-order chi connectivity index (χ0) is 17.5. The minimum Gasteiger partial charge on any atom is -0.350 e. The maximum absolute atomic E-state index is 12.2. The van der Waals surface area contributed by atoms with Crippen LogP contribution < -0.4 is 5.32 Å². The van der Waals surface area contributed by atoms with Crippen molar-refractivity contribution in [2.24, 2.45) is 0 Å². The zero-order valence-corrected chi connectivity index (χ0v) is 14.6.